The fraction of sp³-hybridized carbons (Fsp3) is 0.133. The van der Waals surface area contributed by atoms with Gasteiger partial charge in [0.15, 0.2) is 0 Å². The van der Waals surface area contributed by atoms with Crippen molar-refractivity contribution in [2.75, 3.05) is 7.11 Å². The van der Waals surface area contributed by atoms with Crippen LogP contribution in [0, 0.1) is 0 Å². The van der Waals surface area contributed by atoms with Crippen molar-refractivity contribution in [3.8, 4) is 17.0 Å². The first kappa shape index (κ1) is 13.0. The van der Waals surface area contributed by atoms with E-state index in [0.717, 1.165) is 11.3 Å². The molecule has 0 radical (unpaired) electrons. The number of ether oxygens (including phenoxy) is 1. The van der Waals surface area contributed by atoms with Crippen LogP contribution in [-0.4, -0.2) is 21.6 Å². The smallest absolute Gasteiger partial charge is 0.139 e. The van der Waals surface area contributed by atoms with Crippen molar-refractivity contribution in [3.63, 3.8) is 0 Å². The Hall–Kier alpha value is -2.04. The molecule has 0 bridgehead atoms. The third-order valence-electron chi connectivity index (χ3n) is 3.20. The monoisotopic (exact) mass is 288 g/mol. The predicted octanol–water partition coefficient (Wildman–Crippen LogP) is 3.16. The average molecular weight is 289 g/mol. The Morgan fingerprint density at radius 1 is 1.30 bits per heavy atom. The number of rotatable bonds is 3. The van der Waals surface area contributed by atoms with Gasteiger partial charge in [0.25, 0.3) is 0 Å². The molecule has 0 amide bonds. The maximum Gasteiger partial charge on any atom is 0.139 e. The Morgan fingerprint density at radius 3 is 2.85 bits per heavy atom. The number of imidazole rings is 1. The van der Waals surface area contributed by atoms with Crippen molar-refractivity contribution < 1.29 is 9.84 Å². The van der Waals surface area contributed by atoms with E-state index in [-0.39, 0.29) is 6.61 Å². The summed E-state index contributed by atoms with van der Waals surface area (Å²) in [6.45, 7) is -0.115. The summed E-state index contributed by atoms with van der Waals surface area (Å²) in [6.07, 6.45) is 1.80. The second-order valence-electron chi connectivity index (χ2n) is 4.34. The van der Waals surface area contributed by atoms with Crippen molar-refractivity contribution in [2.24, 2.45) is 0 Å². The molecule has 0 atom stereocenters. The SMILES string of the molecule is COc1ccccc1-c1nc2cc(Cl)ccn2c1CO. The minimum absolute atomic E-state index is 0.115. The lowest BCUT2D eigenvalue weighted by Crippen LogP contribution is -1.95. The molecule has 2 aromatic heterocycles. The van der Waals surface area contributed by atoms with Crippen LogP contribution < -0.4 is 4.74 Å². The highest BCUT2D eigenvalue weighted by atomic mass is 35.5. The zero-order valence-corrected chi connectivity index (χ0v) is 11.6. The maximum absolute atomic E-state index is 9.66. The molecule has 0 saturated carbocycles. The third kappa shape index (κ3) is 2.03. The molecule has 0 unspecified atom stereocenters. The average Bonchev–Trinajstić information content (AvgIpc) is 2.84. The van der Waals surface area contributed by atoms with Crippen LogP contribution in [0.5, 0.6) is 5.75 Å². The molecule has 3 aromatic rings. The van der Waals surface area contributed by atoms with E-state index in [1.165, 1.54) is 0 Å². The lowest BCUT2D eigenvalue weighted by atomic mass is 10.1. The van der Waals surface area contributed by atoms with E-state index in [1.807, 2.05) is 28.7 Å². The van der Waals surface area contributed by atoms with Crippen molar-refractivity contribution in [1.29, 1.82) is 0 Å². The van der Waals surface area contributed by atoms with E-state index in [9.17, 15) is 5.11 Å². The van der Waals surface area contributed by atoms with Gasteiger partial charge in [0.2, 0.25) is 0 Å². The standard InChI is InChI=1S/C15H13ClN2O2/c1-20-13-5-3-2-4-11(13)15-12(9-19)18-7-6-10(16)8-14(18)17-15/h2-8,19H,9H2,1H3. The number of hydrogen-bond acceptors (Lipinski definition) is 3. The van der Waals surface area contributed by atoms with Gasteiger partial charge < -0.3 is 14.2 Å². The summed E-state index contributed by atoms with van der Waals surface area (Å²) in [5.74, 6) is 0.719. The Kier molecular flexibility index (Phi) is 3.34. The fourth-order valence-corrected chi connectivity index (χ4v) is 2.43. The number of nitrogens with zero attached hydrogens (tertiary/aromatic N) is 2. The van der Waals surface area contributed by atoms with Gasteiger partial charge in [-0.3, -0.25) is 0 Å². The van der Waals surface area contributed by atoms with Gasteiger partial charge in [0.1, 0.15) is 11.4 Å². The molecule has 0 fully saturated rings. The van der Waals surface area contributed by atoms with Crippen LogP contribution in [0.25, 0.3) is 16.9 Å². The van der Waals surface area contributed by atoms with Gasteiger partial charge in [-0.25, -0.2) is 4.98 Å². The highest BCUT2D eigenvalue weighted by Crippen LogP contribution is 2.32. The molecule has 0 aliphatic rings. The summed E-state index contributed by atoms with van der Waals surface area (Å²) >= 11 is 5.99. The van der Waals surface area contributed by atoms with Gasteiger partial charge in [-0.15, -0.1) is 0 Å². The summed E-state index contributed by atoms with van der Waals surface area (Å²) in [5.41, 5.74) is 2.95. The first-order valence-corrected chi connectivity index (χ1v) is 6.53. The van der Waals surface area contributed by atoms with Crippen LogP contribution in [0.3, 0.4) is 0 Å². The van der Waals surface area contributed by atoms with E-state index in [0.29, 0.717) is 22.1 Å². The number of methoxy groups -OCH3 is 1. The maximum atomic E-state index is 9.66. The molecule has 0 spiro atoms. The van der Waals surface area contributed by atoms with Crippen molar-refractivity contribution in [2.45, 2.75) is 6.61 Å². The first-order valence-electron chi connectivity index (χ1n) is 6.15. The van der Waals surface area contributed by atoms with Gasteiger partial charge in [-0.1, -0.05) is 23.7 Å². The molecule has 20 heavy (non-hydrogen) atoms. The Labute approximate surface area is 121 Å². The highest BCUT2D eigenvalue weighted by molar-refractivity contribution is 6.30. The molecule has 1 N–H and O–H groups in total. The van der Waals surface area contributed by atoms with Crippen LogP contribution in [0.2, 0.25) is 5.02 Å². The lowest BCUT2D eigenvalue weighted by Gasteiger charge is -2.07. The fourth-order valence-electron chi connectivity index (χ4n) is 2.28. The molecular weight excluding hydrogens is 276 g/mol. The third-order valence-corrected chi connectivity index (χ3v) is 3.43. The van der Waals surface area contributed by atoms with Gasteiger partial charge in [0.05, 0.1) is 25.1 Å². The van der Waals surface area contributed by atoms with Crippen LogP contribution >= 0.6 is 11.6 Å². The molecule has 3 rings (SSSR count). The number of fused-ring (bicyclic) bond motifs is 1. The summed E-state index contributed by atoms with van der Waals surface area (Å²) < 4.78 is 7.19. The molecule has 0 aliphatic carbocycles. The van der Waals surface area contributed by atoms with Crippen LogP contribution in [0.4, 0.5) is 0 Å². The first-order chi connectivity index (χ1) is 9.74. The van der Waals surface area contributed by atoms with Crippen LogP contribution in [0.15, 0.2) is 42.6 Å². The molecule has 1 aromatic carbocycles. The van der Waals surface area contributed by atoms with E-state index in [2.05, 4.69) is 4.98 Å². The number of aliphatic hydroxyl groups is 1. The minimum atomic E-state index is -0.115. The van der Waals surface area contributed by atoms with Crippen molar-refractivity contribution >= 4 is 17.2 Å². The molecule has 0 saturated heterocycles. The summed E-state index contributed by atoms with van der Waals surface area (Å²) in [7, 11) is 1.62. The zero-order chi connectivity index (χ0) is 14.1. The Balaban J connectivity index is 2.30. The minimum Gasteiger partial charge on any atom is -0.496 e. The molecular formula is C15H13ClN2O2. The largest absolute Gasteiger partial charge is 0.496 e. The molecule has 102 valence electrons. The number of aliphatic hydroxyl groups excluding tert-OH is 1. The molecule has 5 heteroatoms. The van der Waals surface area contributed by atoms with E-state index < -0.39 is 0 Å². The number of halogens is 1. The van der Waals surface area contributed by atoms with E-state index >= 15 is 0 Å². The van der Waals surface area contributed by atoms with Crippen molar-refractivity contribution in [1.82, 2.24) is 9.38 Å². The summed E-state index contributed by atoms with van der Waals surface area (Å²) in [4.78, 5) is 4.56. The summed E-state index contributed by atoms with van der Waals surface area (Å²) in [5, 5.41) is 10.3. The Bertz CT molecular complexity index is 768. The molecule has 0 aliphatic heterocycles. The quantitative estimate of drug-likeness (QED) is 0.805. The predicted molar refractivity (Wildman–Crippen MR) is 78.1 cm³/mol. The van der Waals surface area contributed by atoms with Gasteiger partial charge in [0, 0.05) is 22.8 Å². The zero-order valence-electron chi connectivity index (χ0n) is 10.9. The van der Waals surface area contributed by atoms with E-state index in [1.54, 1.807) is 25.4 Å². The second-order valence-corrected chi connectivity index (χ2v) is 4.78. The van der Waals surface area contributed by atoms with Gasteiger partial charge >= 0.3 is 0 Å². The second kappa shape index (κ2) is 5.15. The van der Waals surface area contributed by atoms with Gasteiger partial charge in [-0.05, 0) is 18.2 Å². The topological polar surface area (TPSA) is 46.8 Å². The van der Waals surface area contributed by atoms with Gasteiger partial charge in [-0.2, -0.15) is 0 Å². The number of aromatic nitrogens is 2. The normalized spacial score (nSPS) is 10.9. The van der Waals surface area contributed by atoms with Crippen LogP contribution in [-0.2, 0) is 6.61 Å². The lowest BCUT2D eigenvalue weighted by molar-refractivity contribution is 0.276. The highest BCUT2D eigenvalue weighted by Gasteiger charge is 2.16. The van der Waals surface area contributed by atoms with Crippen LogP contribution in [0.1, 0.15) is 5.69 Å². The van der Waals surface area contributed by atoms with Crippen molar-refractivity contribution in [3.05, 3.63) is 53.3 Å². The summed E-state index contributed by atoms with van der Waals surface area (Å²) in [6, 6.07) is 11.1. The molecule has 4 nitrogen and oxygen atoms in total. The van der Waals surface area contributed by atoms with E-state index in [4.69, 9.17) is 16.3 Å². The molecule has 2 heterocycles. The number of para-hydroxylation sites is 1. The Morgan fingerprint density at radius 2 is 2.10 bits per heavy atom. The number of pyridine rings is 1. The number of hydrogen-bond donors (Lipinski definition) is 1. The number of benzene rings is 1.